The first-order valence-electron chi connectivity index (χ1n) is 4.88. The number of furan rings is 1. The quantitative estimate of drug-likeness (QED) is 0.774. The van der Waals surface area contributed by atoms with Crippen LogP contribution in [0.2, 0.25) is 0 Å². The highest BCUT2D eigenvalue weighted by molar-refractivity contribution is 5.76. The Labute approximate surface area is 88.8 Å². The average Bonchev–Trinajstić information content (AvgIpc) is 2.69. The molecule has 0 aliphatic rings. The molecule has 1 unspecified atom stereocenters. The van der Waals surface area contributed by atoms with Crippen molar-refractivity contribution in [1.29, 1.82) is 0 Å². The zero-order valence-corrected chi connectivity index (χ0v) is 9.19. The summed E-state index contributed by atoms with van der Waals surface area (Å²) in [5, 5.41) is 9.94. The Hall–Kier alpha value is -1.29. The molecule has 0 aromatic carbocycles. The minimum Gasteiger partial charge on any atom is -0.467 e. The van der Waals surface area contributed by atoms with Crippen LogP contribution in [-0.4, -0.2) is 17.7 Å². The lowest BCUT2D eigenvalue weighted by molar-refractivity contribution is -0.161. The third kappa shape index (κ3) is 2.39. The van der Waals surface area contributed by atoms with Gasteiger partial charge in [0.15, 0.2) is 0 Å². The van der Waals surface area contributed by atoms with Gasteiger partial charge in [-0.15, -0.1) is 0 Å². The van der Waals surface area contributed by atoms with Gasteiger partial charge in [0.1, 0.15) is 11.9 Å². The van der Waals surface area contributed by atoms with Crippen molar-refractivity contribution >= 4 is 5.97 Å². The van der Waals surface area contributed by atoms with E-state index < -0.39 is 17.5 Å². The summed E-state index contributed by atoms with van der Waals surface area (Å²) >= 11 is 0. The smallest absolute Gasteiger partial charge is 0.314 e. The highest BCUT2D eigenvalue weighted by Gasteiger charge is 2.39. The number of aliphatic hydroxyl groups excluding tert-OH is 1. The van der Waals surface area contributed by atoms with Gasteiger partial charge in [0.05, 0.1) is 18.3 Å². The van der Waals surface area contributed by atoms with Gasteiger partial charge in [-0.3, -0.25) is 4.79 Å². The van der Waals surface area contributed by atoms with Crippen LogP contribution < -0.4 is 0 Å². The van der Waals surface area contributed by atoms with E-state index in [4.69, 9.17) is 9.15 Å². The molecule has 1 aromatic heterocycles. The van der Waals surface area contributed by atoms with Gasteiger partial charge in [-0.1, -0.05) is 0 Å². The van der Waals surface area contributed by atoms with Crippen molar-refractivity contribution in [3.05, 3.63) is 24.2 Å². The molecule has 4 nitrogen and oxygen atoms in total. The van der Waals surface area contributed by atoms with E-state index in [0.717, 1.165) is 0 Å². The number of aliphatic hydroxyl groups is 1. The van der Waals surface area contributed by atoms with Crippen LogP contribution in [0.15, 0.2) is 22.8 Å². The standard InChI is InChI=1S/C11H16O4/c1-4-14-10(13)11(2,3)9(12)8-6-5-7-15-8/h5-7,9,12H,4H2,1-3H3. The number of esters is 1. The zero-order valence-electron chi connectivity index (χ0n) is 9.19. The number of hydrogen-bond donors (Lipinski definition) is 1. The molecule has 0 bridgehead atoms. The predicted octanol–water partition coefficient (Wildman–Crippen LogP) is 1.90. The highest BCUT2D eigenvalue weighted by atomic mass is 16.5. The van der Waals surface area contributed by atoms with Crippen LogP contribution in [0.3, 0.4) is 0 Å². The molecule has 1 N–H and O–H groups in total. The van der Waals surface area contributed by atoms with E-state index >= 15 is 0 Å². The van der Waals surface area contributed by atoms with Crippen LogP contribution >= 0.6 is 0 Å². The number of hydrogen-bond acceptors (Lipinski definition) is 4. The maximum atomic E-state index is 11.6. The van der Waals surface area contributed by atoms with E-state index in [2.05, 4.69) is 0 Å². The van der Waals surface area contributed by atoms with Crippen molar-refractivity contribution in [2.45, 2.75) is 26.9 Å². The molecule has 0 saturated heterocycles. The molecule has 0 amide bonds. The summed E-state index contributed by atoms with van der Waals surface area (Å²) in [4.78, 5) is 11.6. The SMILES string of the molecule is CCOC(=O)C(C)(C)C(O)c1ccco1. The Morgan fingerprint density at radius 1 is 1.67 bits per heavy atom. The fourth-order valence-electron chi connectivity index (χ4n) is 1.23. The Balaban J connectivity index is 2.81. The largest absolute Gasteiger partial charge is 0.467 e. The highest BCUT2D eigenvalue weighted by Crippen LogP contribution is 2.34. The third-order valence-corrected chi connectivity index (χ3v) is 2.30. The summed E-state index contributed by atoms with van der Waals surface area (Å²) in [6.45, 7) is 5.27. The van der Waals surface area contributed by atoms with Crippen LogP contribution in [0.1, 0.15) is 32.6 Å². The lowest BCUT2D eigenvalue weighted by Gasteiger charge is -2.26. The average molecular weight is 212 g/mol. The van der Waals surface area contributed by atoms with Crippen LogP contribution in [0.25, 0.3) is 0 Å². The number of ether oxygens (including phenoxy) is 1. The second-order valence-corrected chi connectivity index (χ2v) is 3.86. The summed E-state index contributed by atoms with van der Waals surface area (Å²) in [5.41, 5.74) is -1.01. The summed E-state index contributed by atoms with van der Waals surface area (Å²) < 4.78 is 9.94. The van der Waals surface area contributed by atoms with Gasteiger partial charge >= 0.3 is 5.97 Å². The first-order chi connectivity index (χ1) is 7.00. The summed E-state index contributed by atoms with van der Waals surface area (Å²) in [6, 6.07) is 3.30. The van der Waals surface area contributed by atoms with E-state index in [0.29, 0.717) is 12.4 Å². The first kappa shape index (κ1) is 11.8. The van der Waals surface area contributed by atoms with Gasteiger partial charge < -0.3 is 14.3 Å². The molecule has 1 aromatic rings. The van der Waals surface area contributed by atoms with Crippen molar-refractivity contribution < 1.29 is 19.1 Å². The van der Waals surface area contributed by atoms with E-state index in [1.165, 1.54) is 6.26 Å². The minimum absolute atomic E-state index is 0.299. The van der Waals surface area contributed by atoms with Crippen molar-refractivity contribution in [2.24, 2.45) is 5.41 Å². The molecule has 0 aliphatic heterocycles. The fraction of sp³-hybridized carbons (Fsp3) is 0.545. The molecule has 4 heteroatoms. The van der Waals surface area contributed by atoms with E-state index in [9.17, 15) is 9.90 Å². The molecule has 1 rings (SSSR count). The number of carbonyl (C=O) groups is 1. The number of rotatable bonds is 4. The molecule has 0 radical (unpaired) electrons. The molecule has 0 spiro atoms. The summed E-state index contributed by atoms with van der Waals surface area (Å²) in [7, 11) is 0. The van der Waals surface area contributed by atoms with Crippen molar-refractivity contribution in [3.8, 4) is 0 Å². The Bertz CT molecular complexity index is 313. The molecule has 1 heterocycles. The van der Waals surface area contributed by atoms with E-state index in [1.54, 1.807) is 32.9 Å². The van der Waals surface area contributed by atoms with Crippen LogP contribution in [-0.2, 0) is 9.53 Å². The normalized spacial score (nSPS) is 13.6. The molecule has 0 fully saturated rings. The molecule has 0 saturated carbocycles. The topological polar surface area (TPSA) is 59.7 Å². The summed E-state index contributed by atoms with van der Waals surface area (Å²) in [5.74, 6) is -0.0676. The Kier molecular flexibility index (Phi) is 3.52. The number of carbonyl (C=O) groups excluding carboxylic acids is 1. The lowest BCUT2D eigenvalue weighted by atomic mass is 9.85. The van der Waals surface area contributed by atoms with Crippen LogP contribution in [0.5, 0.6) is 0 Å². The lowest BCUT2D eigenvalue weighted by Crippen LogP contribution is -2.33. The van der Waals surface area contributed by atoms with Gasteiger partial charge in [-0.25, -0.2) is 0 Å². The second kappa shape index (κ2) is 4.49. The zero-order chi connectivity index (χ0) is 11.5. The van der Waals surface area contributed by atoms with Crippen LogP contribution in [0, 0.1) is 5.41 Å². The van der Waals surface area contributed by atoms with Gasteiger partial charge in [0.25, 0.3) is 0 Å². The van der Waals surface area contributed by atoms with Gasteiger partial charge in [-0.05, 0) is 32.9 Å². The maximum absolute atomic E-state index is 11.6. The second-order valence-electron chi connectivity index (χ2n) is 3.86. The monoisotopic (exact) mass is 212 g/mol. The van der Waals surface area contributed by atoms with Gasteiger partial charge in [-0.2, -0.15) is 0 Å². The van der Waals surface area contributed by atoms with Crippen molar-refractivity contribution in [2.75, 3.05) is 6.61 Å². The fourth-order valence-corrected chi connectivity index (χ4v) is 1.23. The molecular weight excluding hydrogens is 196 g/mol. The predicted molar refractivity (Wildman–Crippen MR) is 54.1 cm³/mol. The molecule has 1 atom stereocenters. The first-order valence-corrected chi connectivity index (χ1v) is 4.88. The third-order valence-electron chi connectivity index (χ3n) is 2.30. The molecule has 15 heavy (non-hydrogen) atoms. The van der Waals surface area contributed by atoms with Crippen molar-refractivity contribution in [1.82, 2.24) is 0 Å². The molecule has 84 valence electrons. The van der Waals surface area contributed by atoms with E-state index in [-0.39, 0.29) is 0 Å². The Morgan fingerprint density at radius 2 is 2.33 bits per heavy atom. The van der Waals surface area contributed by atoms with Crippen LogP contribution in [0.4, 0.5) is 0 Å². The van der Waals surface area contributed by atoms with E-state index in [1.807, 2.05) is 0 Å². The molecule has 0 aliphatic carbocycles. The van der Waals surface area contributed by atoms with Gasteiger partial charge in [0.2, 0.25) is 0 Å². The van der Waals surface area contributed by atoms with Gasteiger partial charge in [0, 0.05) is 0 Å². The summed E-state index contributed by atoms with van der Waals surface area (Å²) in [6.07, 6.45) is 0.464. The minimum atomic E-state index is -1.01. The Morgan fingerprint density at radius 3 is 2.80 bits per heavy atom. The maximum Gasteiger partial charge on any atom is 0.314 e. The molecular formula is C11H16O4. The van der Waals surface area contributed by atoms with Crippen molar-refractivity contribution in [3.63, 3.8) is 0 Å².